The first-order valence-electron chi connectivity index (χ1n) is 6.67. The van der Waals surface area contributed by atoms with Crippen LogP contribution in [0, 0.1) is 0 Å². The van der Waals surface area contributed by atoms with Gasteiger partial charge in [0.05, 0.1) is 6.61 Å². The first kappa shape index (κ1) is 18.1. The van der Waals surface area contributed by atoms with Crippen molar-refractivity contribution in [3.05, 3.63) is 29.8 Å². The van der Waals surface area contributed by atoms with Gasteiger partial charge in [0.2, 0.25) is 0 Å². The number of Topliss-reactive ketones (excluding diaryl/α,β-unsaturated/α-hetero) is 1. The average molecular weight is 282 g/mol. The summed E-state index contributed by atoms with van der Waals surface area (Å²) in [7, 11) is 0. The highest BCUT2D eigenvalue weighted by Gasteiger charge is 2.06. The molecule has 0 saturated heterocycles. The maximum atomic E-state index is 11.2. The van der Waals surface area contributed by atoms with E-state index >= 15 is 0 Å². The average Bonchev–Trinajstić information content (AvgIpc) is 2.46. The van der Waals surface area contributed by atoms with E-state index in [2.05, 4.69) is 0 Å². The van der Waals surface area contributed by atoms with Crippen molar-refractivity contribution < 1.29 is 23.8 Å². The molecule has 0 radical (unpaired) electrons. The highest BCUT2D eigenvalue weighted by molar-refractivity contribution is 5.94. The molecule has 0 saturated carbocycles. The molecule has 20 heavy (non-hydrogen) atoms. The van der Waals surface area contributed by atoms with E-state index in [0.717, 1.165) is 0 Å². The molecule has 0 N–H and O–H groups in total. The number of benzene rings is 1. The molecule has 0 fully saturated rings. The molecular weight excluding hydrogens is 260 g/mol. The Hall–Kier alpha value is -1.88. The lowest BCUT2D eigenvalue weighted by Crippen LogP contribution is -2.14. The highest BCUT2D eigenvalue weighted by Crippen LogP contribution is 2.13. The molecule has 0 spiro atoms. The molecule has 0 unspecified atom stereocenters. The predicted molar refractivity (Wildman–Crippen MR) is 76.3 cm³/mol. The normalized spacial score (nSPS) is 9.20. The van der Waals surface area contributed by atoms with Gasteiger partial charge in [-0.05, 0) is 38.1 Å². The highest BCUT2D eigenvalue weighted by atomic mass is 16.7. The van der Waals surface area contributed by atoms with Crippen LogP contribution in [0.2, 0.25) is 0 Å². The summed E-state index contributed by atoms with van der Waals surface area (Å²) in [5.41, 5.74) is 0.562. The van der Waals surface area contributed by atoms with E-state index < -0.39 is 6.16 Å². The van der Waals surface area contributed by atoms with Gasteiger partial charge in [-0.15, -0.1) is 0 Å². The summed E-state index contributed by atoms with van der Waals surface area (Å²) in [5, 5.41) is 0. The van der Waals surface area contributed by atoms with Crippen molar-refractivity contribution in [1.29, 1.82) is 0 Å². The van der Waals surface area contributed by atoms with Crippen molar-refractivity contribution in [1.82, 2.24) is 0 Å². The Morgan fingerprint density at radius 2 is 1.65 bits per heavy atom. The second-order valence-corrected chi connectivity index (χ2v) is 3.48. The first-order chi connectivity index (χ1) is 9.63. The molecule has 5 heteroatoms. The van der Waals surface area contributed by atoms with Crippen LogP contribution in [0.3, 0.4) is 0 Å². The van der Waals surface area contributed by atoms with E-state index in [1.54, 1.807) is 24.3 Å². The van der Waals surface area contributed by atoms with Gasteiger partial charge < -0.3 is 14.2 Å². The van der Waals surface area contributed by atoms with E-state index in [1.165, 1.54) is 6.92 Å². The molecular formula is C15H22O5. The van der Waals surface area contributed by atoms with Crippen LogP contribution in [0.1, 0.15) is 38.1 Å². The van der Waals surface area contributed by atoms with Crippen LogP contribution in [0.15, 0.2) is 24.3 Å². The summed E-state index contributed by atoms with van der Waals surface area (Å²) in [5.74, 6) is 0.294. The first-order valence-corrected chi connectivity index (χ1v) is 6.67. The Balaban J connectivity index is 0.00000172. The van der Waals surface area contributed by atoms with Gasteiger partial charge in [0.15, 0.2) is 5.78 Å². The topological polar surface area (TPSA) is 61.8 Å². The van der Waals surface area contributed by atoms with Crippen LogP contribution in [-0.2, 0) is 9.47 Å². The number of ether oxygens (including phenoxy) is 3. The summed E-state index contributed by atoms with van der Waals surface area (Å²) < 4.78 is 14.7. The van der Waals surface area contributed by atoms with Crippen LogP contribution < -0.4 is 4.74 Å². The van der Waals surface area contributed by atoms with E-state index in [0.29, 0.717) is 24.5 Å². The third-order valence-corrected chi connectivity index (χ3v) is 2.11. The fourth-order valence-electron chi connectivity index (χ4n) is 1.21. The van der Waals surface area contributed by atoms with Crippen molar-refractivity contribution in [3.63, 3.8) is 0 Å². The molecule has 0 aliphatic heterocycles. The zero-order chi connectivity index (χ0) is 15.4. The minimum absolute atomic E-state index is 0.0409. The molecule has 1 aromatic rings. The molecule has 1 aromatic carbocycles. The maximum Gasteiger partial charge on any atom is 0.513 e. The summed E-state index contributed by atoms with van der Waals surface area (Å²) >= 11 is 0. The van der Waals surface area contributed by atoms with Gasteiger partial charge >= 0.3 is 6.16 Å². The standard InChI is InChI=1S/C13H16O5.C2H6/c1-3-16-8-9-17-13(15)18-12-6-4-11(5-7-12)10(2)14;1-2/h4-7H,3,8-9H2,1-2H3;1-2H3. The summed E-state index contributed by atoms with van der Waals surface area (Å²) in [6, 6.07) is 6.26. The molecule has 0 aliphatic rings. The minimum atomic E-state index is -0.787. The molecule has 1 rings (SSSR count). The number of rotatable bonds is 6. The van der Waals surface area contributed by atoms with E-state index in [9.17, 15) is 9.59 Å². The minimum Gasteiger partial charge on any atom is -0.432 e. The molecule has 0 aromatic heterocycles. The van der Waals surface area contributed by atoms with Crippen LogP contribution in [0.5, 0.6) is 5.75 Å². The molecule has 112 valence electrons. The van der Waals surface area contributed by atoms with Crippen molar-refractivity contribution >= 4 is 11.9 Å². The lowest BCUT2D eigenvalue weighted by Gasteiger charge is -2.06. The molecule has 0 bridgehead atoms. The second-order valence-electron chi connectivity index (χ2n) is 3.48. The Morgan fingerprint density at radius 3 is 2.15 bits per heavy atom. The SMILES string of the molecule is CC.CCOCCOC(=O)Oc1ccc(C(C)=O)cc1. The predicted octanol–water partition coefficient (Wildman–Crippen LogP) is 3.47. The lowest BCUT2D eigenvalue weighted by molar-refractivity contribution is 0.0560. The van der Waals surface area contributed by atoms with Crippen LogP contribution >= 0.6 is 0 Å². The summed E-state index contributed by atoms with van der Waals surface area (Å²) in [6.07, 6.45) is -0.787. The zero-order valence-corrected chi connectivity index (χ0v) is 12.5. The van der Waals surface area contributed by atoms with Gasteiger partial charge in [-0.2, -0.15) is 0 Å². The Labute approximate surface area is 119 Å². The molecule has 5 nitrogen and oxygen atoms in total. The van der Waals surface area contributed by atoms with Gasteiger partial charge in [-0.3, -0.25) is 4.79 Å². The van der Waals surface area contributed by atoms with Gasteiger partial charge in [-0.25, -0.2) is 4.79 Å². The van der Waals surface area contributed by atoms with Gasteiger partial charge in [0, 0.05) is 12.2 Å². The lowest BCUT2D eigenvalue weighted by atomic mass is 10.1. The van der Waals surface area contributed by atoms with E-state index in [-0.39, 0.29) is 12.4 Å². The smallest absolute Gasteiger partial charge is 0.432 e. The number of carbonyl (C=O) groups excluding carboxylic acids is 2. The van der Waals surface area contributed by atoms with Crippen LogP contribution in [0.25, 0.3) is 0 Å². The van der Waals surface area contributed by atoms with Crippen molar-refractivity contribution in [2.24, 2.45) is 0 Å². The molecule has 0 heterocycles. The van der Waals surface area contributed by atoms with Crippen molar-refractivity contribution in [3.8, 4) is 5.75 Å². The summed E-state index contributed by atoms with van der Waals surface area (Å²) in [6.45, 7) is 8.39. The number of ketones is 1. The Kier molecular flexibility index (Phi) is 9.96. The maximum absolute atomic E-state index is 11.2. The van der Waals surface area contributed by atoms with Gasteiger partial charge in [0.25, 0.3) is 0 Å². The zero-order valence-electron chi connectivity index (χ0n) is 12.5. The van der Waals surface area contributed by atoms with E-state index in [4.69, 9.17) is 14.2 Å². The monoisotopic (exact) mass is 282 g/mol. The molecule has 0 amide bonds. The fourth-order valence-corrected chi connectivity index (χ4v) is 1.21. The third kappa shape index (κ3) is 7.53. The number of hydrogen-bond acceptors (Lipinski definition) is 5. The Bertz CT molecular complexity index is 397. The van der Waals surface area contributed by atoms with Gasteiger partial charge in [0.1, 0.15) is 12.4 Å². The number of hydrogen-bond donors (Lipinski definition) is 0. The third-order valence-electron chi connectivity index (χ3n) is 2.11. The van der Waals surface area contributed by atoms with E-state index in [1.807, 2.05) is 20.8 Å². The van der Waals surface area contributed by atoms with Crippen LogP contribution in [-0.4, -0.2) is 31.8 Å². The van der Waals surface area contributed by atoms with Crippen molar-refractivity contribution in [2.75, 3.05) is 19.8 Å². The molecule has 0 aliphatic carbocycles. The van der Waals surface area contributed by atoms with Crippen LogP contribution in [0.4, 0.5) is 4.79 Å². The number of carbonyl (C=O) groups is 2. The molecule has 0 atom stereocenters. The fraction of sp³-hybridized carbons (Fsp3) is 0.467. The summed E-state index contributed by atoms with van der Waals surface area (Å²) in [4.78, 5) is 22.3. The second kappa shape index (κ2) is 11.0. The van der Waals surface area contributed by atoms with Gasteiger partial charge in [-0.1, -0.05) is 13.8 Å². The largest absolute Gasteiger partial charge is 0.513 e. The Morgan fingerprint density at radius 1 is 1.05 bits per heavy atom. The quantitative estimate of drug-likeness (QED) is 0.346. The van der Waals surface area contributed by atoms with Crippen molar-refractivity contribution in [2.45, 2.75) is 27.7 Å².